The van der Waals surface area contributed by atoms with Crippen molar-refractivity contribution in [1.82, 2.24) is 9.97 Å². The molecule has 0 saturated heterocycles. The Morgan fingerprint density at radius 3 is 2.86 bits per heavy atom. The Kier molecular flexibility index (Phi) is 4.97. The first-order chi connectivity index (χ1) is 14.2. The fourth-order valence-electron chi connectivity index (χ4n) is 3.98. The van der Waals surface area contributed by atoms with E-state index in [2.05, 4.69) is 27.4 Å². The summed E-state index contributed by atoms with van der Waals surface area (Å²) in [5.74, 6) is 1.09. The van der Waals surface area contributed by atoms with Gasteiger partial charge in [-0.15, -0.1) is 11.3 Å². The Bertz CT molecular complexity index is 1230. The quantitative estimate of drug-likeness (QED) is 0.337. The molecule has 0 saturated carbocycles. The molecule has 1 aliphatic rings. The van der Waals surface area contributed by atoms with Crippen molar-refractivity contribution < 1.29 is 4.79 Å². The molecule has 5 rings (SSSR count). The fraction of sp³-hybridized carbons (Fsp3) is 0.261. The predicted octanol–water partition coefficient (Wildman–Crippen LogP) is 5.76. The van der Waals surface area contributed by atoms with Gasteiger partial charge < -0.3 is 5.32 Å². The Balaban J connectivity index is 1.39. The zero-order valence-electron chi connectivity index (χ0n) is 16.2. The normalized spacial score (nSPS) is 13.6. The van der Waals surface area contributed by atoms with Crippen molar-refractivity contribution in [2.24, 2.45) is 0 Å². The van der Waals surface area contributed by atoms with Crippen LogP contribution in [-0.4, -0.2) is 21.6 Å². The van der Waals surface area contributed by atoms with Crippen LogP contribution in [0, 0.1) is 6.92 Å². The molecule has 4 aromatic rings. The van der Waals surface area contributed by atoms with E-state index < -0.39 is 0 Å². The first-order valence-electron chi connectivity index (χ1n) is 9.88. The number of carbonyl (C=O) groups excluding carboxylic acids is 1. The van der Waals surface area contributed by atoms with Gasteiger partial charge >= 0.3 is 0 Å². The van der Waals surface area contributed by atoms with Gasteiger partial charge in [0.25, 0.3) is 0 Å². The van der Waals surface area contributed by atoms with Gasteiger partial charge in [0.2, 0.25) is 5.91 Å². The summed E-state index contributed by atoms with van der Waals surface area (Å²) in [4.78, 5) is 24.6. The third-order valence-electron chi connectivity index (χ3n) is 5.30. The molecule has 1 amide bonds. The zero-order valence-corrected chi connectivity index (χ0v) is 17.8. The maximum atomic E-state index is 12.7. The summed E-state index contributed by atoms with van der Waals surface area (Å²) in [7, 11) is 0. The number of carbonyl (C=O) groups is 1. The van der Waals surface area contributed by atoms with E-state index in [4.69, 9.17) is 0 Å². The summed E-state index contributed by atoms with van der Waals surface area (Å²) < 4.78 is 0. The number of thioether (sulfide) groups is 1. The van der Waals surface area contributed by atoms with E-state index in [1.54, 1.807) is 11.3 Å². The van der Waals surface area contributed by atoms with Gasteiger partial charge in [0, 0.05) is 21.3 Å². The second kappa shape index (κ2) is 7.76. The molecule has 6 heteroatoms. The highest BCUT2D eigenvalue weighted by Gasteiger charge is 2.21. The Labute approximate surface area is 177 Å². The van der Waals surface area contributed by atoms with Crippen molar-refractivity contribution in [3.63, 3.8) is 0 Å². The highest BCUT2D eigenvalue weighted by Crippen LogP contribution is 2.39. The van der Waals surface area contributed by atoms with Crippen LogP contribution in [0.1, 0.15) is 29.1 Å². The third kappa shape index (κ3) is 3.63. The summed E-state index contributed by atoms with van der Waals surface area (Å²) in [5, 5.41) is 7.37. The van der Waals surface area contributed by atoms with E-state index in [1.165, 1.54) is 40.4 Å². The minimum Gasteiger partial charge on any atom is -0.325 e. The number of hydrogen-bond donors (Lipinski definition) is 1. The SMILES string of the molecule is Cc1nc(SCC(=O)Nc2cccc3ccccc23)c2c3c(sc2n1)CCCC3. The number of rotatable bonds is 4. The highest BCUT2D eigenvalue weighted by molar-refractivity contribution is 8.00. The first-order valence-corrected chi connectivity index (χ1v) is 11.7. The highest BCUT2D eigenvalue weighted by atomic mass is 32.2. The van der Waals surface area contributed by atoms with E-state index in [0.717, 1.165) is 45.0 Å². The molecular weight excluding hydrogens is 398 g/mol. The van der Waals surface area contributed by atoms with Crippen LogP contribution in [0.5, 0.6) is 0 Å². The molecule has 1 N–H and O–H groups in total. The van der Waals surface area contributed by atoms with Crippen molar-refractivity contribution in [3.05, 3.63) is 58.7 Å². The number of hydrogen-bond acceptors (Lipinski definition) is 5. The molecule has 2 aromatic carbocycles. The van der Waals surface area contributed by atoms with Crippen LogP contribution in [0.3, 0.4) is 0 Å². The lowest BCUT2D eigenvalue weighted by atomic mass is 9.97. The smallest absolute Gasteiger partial charge is 0.234 e. The second-order valence-electron chi connectivity index (χ2n) is 7.33. The number of thiophene rings is 1. The van der Waals surface area contributed by atoms with Crippen molar-refractivity contribution >= 4 is 55.7 Å². The third-order valence-corrected chi connectivity index (χ3v) is 7.46. The summed E-state index contributed by atoms with van der Waals surface area (Å²) in [6.45, 7) is 1.93. The molecule has 29 heavy (non-hydrogen) atoms. The molecule has 0 fully saturated rings. The average Bonchev–Trinajstić information content (AvgIpc) is 3.10. The molecule has 0 spiro atoms. The first kappa shape index (κ1) is 18.6. The van der Waals surface area contributed by atoms with Gasteiger partial charge in [0.1, 0.15) is 15.7 Å². The molecule has 0 bridgehead atoms. The molecule has 146 valence electrons. The van der Waals surface area contributed by atoms with Crippen molar-refractivity contribution in [2.75, 3.05) is 11.1 Å². The standard InChI is InChI=1S/C23H21N3OS2/c1-14-24-22(21-17-10-4-5-12-19(17)29-23(21)25-14)28-13-20(27)26-18-11-6-8-15-7-2-3-9-16(15)18/h2-3,6-9,11H,4-5,10,12-13H2,1H3,(H,26,27). The van der Waals surface area contributed by atoms with Crippen LogP contribution in [0.2, 0.25) is 0 Å². The molecule has 4 nitrogen and oxygen atoms in total. The maximum absolute atomic E-state index is 12.7. The molecule has 0 radical (unpaired) electrons. The summed E-state index contributed by atoms with van der Waals surface area (Å²) in [6, 6.07) is 14.1. The molecule has 0 unspecified atom stereocenters. The van der Waals surface area contributed by atoms with Gasteiger partial charge in [-0.2, -0.15) is 0 Å². The van der Waals surface area contributed by atoms with Crippen LogP contribution < -0.4 is 5.32 Å². The number of fused-ring (bicyclic) bond motifs is 4. The Morgan fingerprint density at radius 1 is 1.10 bits per heavy atom. The lowest BCUT2D eigenvalue weighted by molar-refractivity contribution is -0.113. The predicted molar refractivity (Wildman–Crippen MR) is 122 cm³/mol. The largest absolute Gasteiger partial charge is 0.325 e. The lowest BCUT2D eigenvalue weighted by Gasteiger charge is -2.12. The van der Waals surface area contributed by atoms with Gasteiger partial charge in [-0.05, 0) is 49.6 Å². The fourth-order valence-corrected chi connectivity index (χ4v) is 6.26. The van der Waals surface area contributed by atoms with Crippen LogP contribution in [0.4, 0.5) is 5.69 Å². The monoisotopic (exact) mass is 419 g/mol. The number of aryl methyl sites for hydroxylation is 3. The van der Waals surface area contributed by atoms with E-state index in [-0.39, 0.29) is 5.91 Å². The van der Waals surface area contributed by atoms with E-state index in [1.807, 2.05) is 37.3 Å². The van der Waals surface area contributed by atoms with Gasteiger partial charge in [0.15, 0.2) is 0 Å². The van der Waals surface area contributed by atoms with Gasteiger partial charge in [0.05, 0.1) is 5.75 Å². The van der Waals surface area contributed by atoms with Crippen LogP contribution in [-0.2, 0) is 17.6 Å². The summed E-state index contributed by atoms with van der Waals surface area (Å²) >= 11 is 3.32. The molecule has 2 heterocycles. The number of amides is 1. The molecular formula is C23H21N3OS2. The van der Waals surface area contributed by atoms with Gasteiger partial charge in [-0.3, -0.25) is 4.79 Å². The molecule has 2 aromatic heterocycles. The van der Waals surface area contributed by atoms with Crippen LogP contribution >= 0.6 is 23.1 Å². The van der Waals surface area contributed by atoms with Crippen molar-refractivity contribution in [2.45, 2.75) is 37.6 Å². The van der Waals surface area contributed by atoms with Crippen molar-refractivity contribution in [3.8, 4) is 0 Å². The topological polar surface area (TPSA) is 54.9 Å². The molecule has 0 atom stereocenters. The number of anilines is 1. The second-order valence-corrected chi connectivity index (χ2v) is 9.38. The molecule has 0 aliphatic heterocycles. The van der Waals surface area contributed by atoms with Gasteiger partial charge in [-0.25, -0.2) is 9.97 Å². The summed E-state index contributed by atoms with van der Waals surface area (Å²) in [6.07, 6.45) is 4.71. The number of nitrogens with one attached hydrogen (secondary N) is 1. The molecule has 1 aliphatic carbocycles. The van der Waals surface area contributed by atoms with Crippen LogP contribution in [0.15, 0.2) is 47.5 Å². The van der Waals surface area contributed by atoms with Gasteiger partial charge in [-0.1, -0.05) is 48.2 Å². The summed E-state index contributed by atoms with van der Waals surface area (Å²) in [5.41, 5.74) is 2.26. The van der Waals surface area contributed by atoms with Crippen molar-refractivity contribution in [1.29, 1.82) is 0 Å². The van der Waals surface area contributed by atoms with Crippen LogP contribution in [0.25, 0.3) is 21.0 Å². The zero-order chi connectivity index (χ0) is 19.8. The minimum atomic E-state index is -0.0140. The minimum absolute atomic E-state index is 0.0140. The van der Waals surface area contributed by atoms with E-state index >= 15 is 0 Å². The van der Waals surface area contributed by atoms with E-state index in [9.17, 15) is 4.79 Å². The average molecular weight is 420 g/mol. The number of aromatic nitrogens is 2. The lowest BCUT2D eigenvalue weighted by Crippen LogP contribution is -2.14. The Morgan fingerprint density at radius 2 is 1.93 bits per heavy atom. The van der Waals surface area contributed by atoms with E-state index in [0.29, 0.717) is 5.75 Å². The number of nitrogens with zero attached hydrogens (tertiary/aromatic N) is 2. The Hall–Kier alpha value is -2.44. The maximum Gasteiger partial charge on any atom is 0.234 e. The number of benzene rings is 2.